The molecule has 0 aliphatic carbocycles. The van der Waals surface area contributed by atoms with Crippen molar-refractivity contribution in [2.45, 2.75) is 19.9 Å². The minimum absolute atomic E-state index is 0.131. The topological polar surface area (TPSA) is 57.8 Å². The molecule has 1 atom stereocenters. The fourth-order valence-corrected chi connectivity index (χ4v) is 2.22. The van der Waals surface area contributed by atoms with Gasteiger partial charge in [-0.2, -0.15) is 0 Å². The number of thiophene rings is 1. The van der Waals surface area contributed by atoms with Crippen LogP contribution < -0.4 is 10.9 Å². The molecule has 0 saturated carbocycles. The number of anilines is 1. The number of aromatic nitrogens is 2. The number of aryl methyl sites for hydroxylation is 1. The second kappa shape index (κ2) is 4.49. The van der Waals surface area contributed by atoms with Crippen molar-refractivity contribution in [1.82, 2.24) is 9.97 Å². The maximum absolute atomic E-state index is 11.2. The lowest BCUT2D eigenvalue weighted by molar-refractivity contribution is 0.883. The van der Waals surface area contributed by atoms with E-state index in [1.807, 2.05) is 18.4 Å². The minimum Gasteiger partial charge on any atom is -0.363 e. The summed E-state index contributed by atoms with van der Waals surface area (Å²) in [5, 5.41) is 5.24. The van der Waals surface area contributed by atoms with Crippen molar-refractivity contribution in [1.29, 1.82) is 0 Å². The van der Waals surface area contributed by atoms with Gasteiger partial charge in [-0.25, -0.2) is 4.98 Å². The zero-order chi connectivity index (χ0) is 11.5. The molecule has 2 heterocycles. The molecule has 1 unspecified atom stereocenters. The van der Waals surface area contributed by atoms with Crippen LogP contribution in [0.5, 0.6) is 0 Å². The highest BCUT2D eigenvalue weighted by Crippen LogP contribution is 2.21. The zero-order valence-corrected chi connectivity index (χ0v) is 9.97. The third-order valence-electron chi connectivity index (χ3n) is 2.19. The number of rotatable bonds is 3. The van der Waals surface area contributed by atoms with Crippen molar-refractivity contribution in [3.8, 4) is 0 Å². The van der Waals surface area contributed by atoms with E-state index in [1.165, 1.54) is 10.9 Å². The third kappa shape index (κ3) is 2.49. The summed E-state index contributed by atoms with van der Waals surface area (Å²) in [6.45, 7) is 3.81. The Balaban J connectivity index is 2.18. The number of H-pyrrole nitrogens is 1. The van der Waals surface area contributed by atoms with Crippen molar-refractivity contribution in [3.05, 3.63) is 44.6 Å². The molecule has 0 bridgehead atoms. The maximum atomic E-state index is 11.2. The summed E-state index contributed by atoms with van der Waals surface area (Å²) in [5.41, 5.74) is -0.131. The Kier molecular flexibility index (Phi) is 3.05. The Bertz CT molecular complexity index is 518. The van der Waals surface area contributed by atoms with Gasteiger partial charge in [-0.05, 0) is 25.3 Å². The van der Waals surface area contributed by atoms with Crippen LogP contribution >= 0.6 is 11.3 Å². The molecular formula is C11H13N3OS. The first kappa shape index (κ1) is 10.9. The summed E-state index contributed by atoms with van der Waals surface area (Å²) in [6.07, 6.45) is 0. The second-order valence-electron chi connectivity index (χ2n) is 3.60. The van der Waals surface area contributed by atoms with E-state index in [1.54, 1.807) is 18.3 Å². The van der Waals surface area contributed by atoms with Gasteiger partial charge in [0.05, 0.1) is 6.04 Å². The van der Waals surface area contributed by atoms with Gasteiger partial charge in [0.2, 0.25) is 0 Å². The number of aromatic amines is 1. The van der Waals surface area contributed by atoms with E-state index in [-0.39, 0.29) is 11.6 Å². The van der Waals surface area contributed by atoms with Gasteiger partial charge in [-0.1, -0.05) is 6.07 Å². The summed E-state index contributed by atoms with van der Waals surface area (Å²) < 4.78 is 0. The molecule has 84 valence electrons. The van der Waals surface area contributed by atoms with E-state index in [0.717, 1.165) is 0 Å². The maximum Gasteiger partial charge on any atom is 0.252 e. The molecule has 2 N–H and O–H groups in total. The number of nitrogens with zero attached hydrogens (tertiary/aromatic N) is 1. The van der Waals surface area contributed by atoms with Crippen LogP contribution in [0.15, 0.2) is 28.4 Å². The van der Waals surface area contributed by atoms with Crippen LogP contribution in [-0.4, -0.2) is 9.97 Å². The predicted octanol–water partition coefficient (Wildman–Crippen LogP) is 2.31. The van der Waals surface area contributed by atoms with Crippen LogP contribution in [-0.2, 0) is 0 Å². The van der Waals surface area contributed by atoms with Crippen LogP contribution in [0, 0.1) is 6.92 Å². The standard InChI is InChI=1S/C11H13N3OS/c1-7(9-4-3-5-16-9)12-10-6-11(15)14-8(2)13-10/h3-7H,1-2H3,(H2,12,13,14,15). The van der Waals surface area contributed by atoms with Gasteiger partial charge in [0, 0.05) is 10.9 Å². The third-order valence-corrected chi connectivity index (χ3v) is 3.25. The minimum atomic E-state index is -0.131. The quantitative estimate of drug-likeness (QED) is 0.858. The molecule has 4 nitrogen and oxygen atoms in total. The monoisotopic (exact) mass is 235 g/mol. The number of hydrogen-bond acceptors (Lipinski definition) is 4. The van der Waals surface area contributed by atoms with Gasteiger partial charge in [-0.3, -0.25) is 4.79 Å². The Labute approximate surface area is 97.4 Å². The largest absolute Gasteiger partial charge is 0.363 e. The summed E-state index contributed by atoms with van der Waals surface area (Å²) in [5.74, 6) is 1.23. The van der Waals surface area contributed by atoms with Gasteiger partial charge in [0.1, 0.15) is 11.6 Å². The van der Waals surface area contributed by atoms with Crippen LogP contribution in [0.4, 0.5) is 5.82 Å². The van der Waals surface area contributed by atoms with E-state index in [2.05, 4.69) is 21.4 Å². The molecule has 2 aromatic heterocycles. The summed E-state index contributed by atoms with van der Waals surface area (Å²) >= 11 is 1.68. The second-order valence-corrected chi connectivity index (χ2v) is 4.58. The zero-order valence-electron chi connectivity index (χ0n) is 9.15. The highest BCUT2D eigenvalue weighted by atomic mass is 32.1. The van der Waals surface area contributed by atoms with Gasteiger partial charge in [-0.15, -0.1) is 11.3 Å². The lowest BCUT2D eigenvalue weighted by Gasteiger charge is -2.12. The molecule has 0 spiro atoms. The fourth-order valence-electron chi connectivity index (χ4n) is 1.48. The Morgan fingerprint density at radius 3 is 3.00 bits per heavy atom. The first-order chi connectivity index (χ1) is 7.65. The normalized spacial score (nSPS) is 12.4. The molecule has 0 aliphatic rings. The first-order valence-corrected chi connectivity index (χ1v) is 5.91. The number of hydrogen-bond donors (Lipinski definition) is 2. The molecule has 0 saturated heterocycles. The van der Waals surface area contributed by atoms with Crippen LogP contribution in [0.3, 0.4) is 0 Å². The molecular weight excluding hydrogens is 222 g/mol. The van der Waals surface area contributed by atoms with Crippen LogP contribution in [0.1, 0.15) is 23.7 Å². The molecule has 2 rings (SSSR count). The molecule has 0 aromatic carbocycles. The van der Waals surface area contributed by atoms with Gasteiger partial charge >= 0.3 is 0 Å². The Morgan fingerprint density at radius 2 is 2.38 bits per heavy atom. The highest BCUT2D eigenvalue weighted by Gasteiger charge is 2.07. The van der Waals surface area contributed by atoms with Crippen LogP contribution in [0.25, 0.3) is 0 Å². The van der Waals surface area contributed by atoms with Crippen molar-refractivity contribution in [3.63, 3.8) is 0 Å². The fraction of sp³-hybridized carbons (Fsp3) is 0.273. The van der Waals surface area contributed by atoms with Crippen molar-refractivity contribution < 1.29 is 0 Å². The van der Waals surface area contributed by atoms with Crippen molar-refractivity contribution in [2.75, 3.05) is 5.32 Å². The summed E-state index contributed by atoms with van der Waals surface area (Å²) in [7, 11) is 0. The van der Waals surface area contributed by atoms with E-state index in [0.29, 0.717) is 11.6 Å². The Morgan fingerprint density at radius 1 is 1.56 bits per heavy atom. The lowest BCUT2D eigenvalue weighted by atomic mass is 10.3. The highest BCUT2D eigenvalue weighted by molar-refractivity contribution is 7.10. The number of nitrogens with one attached hydrogen (secondary N) is 2. The van der Waals surface area contributed by atoms with Crippen molar-refractivity contribution in [2.24, 2.45) is 0 Å². The molecule has 0 fully saturated rings. The van der Waals surface area contributed by atoms with E-state index in [4.69, 9.17) is 0 Å². The molecule has 5 heteroatoms. The summed E-state index contributed by atoms with van der Waals surface area (Å²) in [4.78, 5) is 19.3. The van der Waals surface area contributed by atoms with E-state index >= 15 is 0 Å². The van der Waals surface area contributed by atoms with Crippen LogP contribution in [0.2, 0.25) is 0 Å². The van der Waals surface area contributed by atoms with E-state index in [9.17, 15) is 4.79 Å². The Hall–Kier alpha value is -1.62. The average Bonchev–Trinajstić information content (AvgIpc) is 2.68. The molecule has 16 heavy (non-hydrogen) atoms. The lowest BCUT2D eigenvalue weighted by Crippen LogP contribution is -2.13. The molecule has 0 amide bonds. The van der Waals surface area contributed by atoms with E-state index < -0.39 is 0 Å². The molecule has 2 aromatic rings. The first-order valence-electron chi connectivity index (χ1n) is 5.03. The SMILES string of the molecule is Cc1nc(NC(C)c2cccs2)cc(=O)[nH]1. The van der Waals surface area contributed by atoms with Gasteiger partial charge in [0.15, 0.2) is 0 Å². The van der Waals surface area contributed by atoms with Gasteiger partial charge in [0.25, 0.3) is 5.56 Å². The van der Waals surface area contributed by atoms with Crippen molar-refractivity contribution >= 4 is 17.2 Å². The smallest absolute Gasteiger partial charge is 0.252 e. The average molecular weight is 235 g/mol. The molecule has 0 radical (unpaired) electrons. The predicted molar refractivity (Wildman–Crippen MR) is 66.0 cm³/mol. The molecule has 0 aliphatic heterocycles. The summed E-state index contributed by atoms with van der Waals surface area (Å²) in [6, 6.07) is 5.70. The van der Waals surface area contributed by atoms with Gasteiger partial charge < -0.3 is 10.3 Å².